The van der Waals surface area contributed by atoms with Gasteiger partial charge in [-0.05, 0) is 31.6 Å². The standard InChI is InChI=1S/C13H25N3O/c1-9(8-12(2,3)4)7-10-15-11(16-17-10)13(5,6)14/h9H,7-8,14H2,1-6H3. The third-order valence-electron chi connectivity index (χ3n) is 2.53. The molecule has 0 spiro atoms. The first kappa shape index (κ1) is 14.2. The number of aromatic nitrogens is 2. The Morgan fingerprint density at radius 2 is 1.82 bits per heavy atom. The molecule has 0 saturated carbocycles. The van der Waals surface area contributed by atoms with Crippen LogP contribution in [0.2, 0.25) is 0 Å². The lowest BCUT2D eigenvalue weighted by Crippen LogP contribution is -2.30. The molecule has 0 aliphatic rings. The summed E-state index contributed by atoms with van der Waals surface area (Å²) in [6.07, 6.45) is 1.96. The molecule has 4 nitrogen and oxygen atoms in total. The maximum atomic E-state index is 5.92. The Kier molecular flexibility index (Phi) is 3.97. The summed E-state index contributed by atoms with van der Waals surface area (Å²) in [6.45, 7) is 12.7. The van der Waals surface area contributed by atoms with E-state index in [0.29, 0.717) is 23.0 Å². The van der Waals surface area contributed by atoms with Crippen molar-refractivity contribution in [1.82, 2.24) is 10.1 Å². The Bertz CT molecular complexity index is 357. The van der Waals surface area contributed by atoms with E-state index in [2.05, 4.69) is 37.8 Å². The van der Waals surface area contributed by atoms with Crippen LogP contribution in [0.25, 0.3) is 0 Å². The summed E-state index contributed by atoms with van der Waals surface area (Å²) in [5, 5.41) is 3.93. The normalized spacial score (nSPS) is 15.0. The number of hydrogen-bond donors (Lipinski definition) is 1. The van der Waals surface area contributed by atoms with Gasteiger partial charge in [0.25, 0.3) is 0 Å². The van der Waals surface area contributed by atoms with Crippen LogP contribution in [0.15, 0.2) is 4.52 Å². The summed E-state index contributed by atoms with van der Waals surface area (Å²) >= 11 is 0. The van der Waals surface area contributed by atoms with Gasteiger partial charge >= 0.3 is 0 Å². The van der Waals surface area contributed by atoms with E-state index in [1.165, 1.54) is 0 Å². The van der Waals surface area contributed by atoms with Crippen molar-refractivity contribution in [3.05, 3.63) is 11.7 Å². The van der Waals surface area contributed by atoms with Crippen LogP contribution in [0, 0.1) is 11.3 Å². The highest BCUT2D eigenvalue weighted by Crippen LogP contribution is 2.26. The van der Waals surface area contributed by atoms with Crippen LogP contribution in [0.5, 0.6) is 0 Å². The van der Waals surface area contributed by atoms with Gasteiger partial charge in [-0.25, -0.2) is 0 Å². The quantitative estimate of drug-likeness (QED) is 0.877. The first-order valence-corrected chi connectivity index (χ1v) is 6.20. The predicted molar refractivity (Wildman–Crippen MR) is 68.5 cm³/mol. The molecule has 1 atom stereocenters. The van der Waals surface area contributed by atoms with E-state index in [0.717, 1.165) is 12.8 Å². The summed E-state index contributed by atoms with van der Waals surface area (Å²) < 4.78 is 5.24. The zero-order chi connectivity index (χ0) is 13.3. The fraction of sp³-hybridized carbons (Fsp3) is 0.846. The van der Waals surface area contributed by atoms with Gasteiger partial charge in [-0.15, -0.1) is 0 Å². The molecule has 0 radical (unpaired) electrons. The number of hydrogen-bond acceptors (Lipinski definition) is 4. The van der Waals surface area contributed by atoms with Crippen LogP contribution < -0.4 is 5.73 Å². The van der Waals surface area contributed by atoms with Gasteiger partial charge in [0, 0.05) is 6.42 Å². The molecule has 17 heavy (non-hydrogen) atoms. The van der Waals surface area contributed by atoms with Crippen LogP contribution in [0.3, 0.4) is 0 Å². The minimum Gasteiger partial charge on any atom is -0.339 e. The first-order chi connectivity index (χ1) is 7.58. The summed E-state index contributed by atoms with van der Waals surface area (Å²) in [4.78, 5) is 4.35. The van der Waals surface area contributed by atoms with E-state index in [9.17, 15) is 0 Å². The third-order valence-corrected chi connectivity index (χ3v) is 2.53. The van der Waals surface area contributed by atoms with E-state index < -0.39 is 5.54 Å². The maximum Gasteiger partial charge on any atom is 0.226 e. The van der Waals surface area contributed by atoms with Crippen LogP contribution in [0.1, 0.15) is 59.7 Å². The molecule has 98 valence electrons. The van der Waals surface area contributed by atoms with Gasteiger partial charge in [-0.3, -0.25) is 0 Å². The SMILES string of the molecule is CC(Cc1nc(C(C)(C)N)no1)CC(C)(C)C. The van der Waals surface area contributed by atoms with Crippen LogP contribution in [0.4, 0.5) is 0 Å². The van der Waals surface area contributed by atoms with Gasteiger partial charge in [-0.2, -0.15) is 4.98 Å². The number of nitrogens with zero attached hydrogens (tertiary/aromatic N) is 2. The van der Waals surface area contributed by atoms with Crippen molar-refractivity contribution >= 4 is 0 Å². The zero-order valence-electron chi connectivity index (χ0n) is 11.9. The molecule has 1 aromatic heterocycles. The summed E-state index contributed by atoms with van der Waals surface area (Å²) in [6, 6.07) is 0. The average Bonchev–Trinajstić information content (AvgIpc) is 2.47. The Balaban J connectivity index is 2.61. The summed E-state index contributed by atoms with van der Waals surface area (Å²) in [5.74, 6) is 1.80. The highest BCUT2D eigenvalue weighted by Gasteiger charge is 2.23. The average molecular weight is 239 g/mol. The summed E-state index contributed by atoms with van der Waals surface area (Å²) in [7, 11) is 0. The Hall–Kier alpha value is -0.900. The Labute approximate surface area is 104 Å². The monoisotopic (exact) mass is 239 g/mol. The fourth-order valence-electron chi connectivity index (χ4n) is 2.02. The van der Waals surface area contributed by atoms with Gasteiger partial charge in [0.2, 0.25) is 5.89 Å². The van der Waals surface area contributed by atoms with Crippen LogP contribution in [-0.2, 0) is 12.0 Å². The van der Waals surface area contributed by atoms with Crippen molar-refractivity contribution in [1.29, 1.82) is 0 Å². The van der Waals surface area contributed by atoms with Gasteiger partial charge in [0.15, 0.2) is 5.82 Å². The molecule has 4 heteroatoms. The fourth-order valence-corrected chi connectivity index (χ4v) is 2.02. The topological polar surface area (TPSA) is 64.9 Å². The second-order valence-electron chi connectivity index (χ2n) is 6.81. The molecular formula is C13H25N3O. The van der Waals surface area contributed by atoms with E-state index in [4.69, 9.17) is 10.3 Å². The first-order valence-electron chi connectivity index (χ1n) is 6.20. The van der Waals surface area contributed by atoms with Gasteiger partial charge in [0.1, 0.15) is 0 Å². The molecular weight excluding hydrogens is 214 g/mol. The molecule has 0 aromatic carbocycles. The molecule has 0 bridgehead atoms. The van der Waals surface area contributed by atoms with E-state index in [1.54, 1.807) is 0 Å². The van der Waals surface area contributed by atoms with Gasteiger partial charge < -0.3 is 10.3 Å². The zero-order valence-corrected chi connectivity index (χ0v) is 11.9. The number of nitrogens with two attached hydrogens (primary N) is 1. The molecule has 0 aliphatic heterocycles. The predicted octanol–water partition coefficient (Wildman–Crippen LogP) is 2.88. The van der Waals surface area contributed by atoms with Crippen molar-refractivity contribution < 1.29 is 4.52 Å². The lowest BCUT2D eigenvalue weighted by molar-refractivity contribution is 0.281. The van der Waals surface area contributed by atoms with Gasteiger partial charge in [0.05, 0.1) is 5.54 Å². The highest BCUT2D eigenvalue weighted by molar-refractivity contribution is 4.99. The maximum absolute atomic E-state index is 5.92. The second-order valence-corrected chi connectivity index (χ2v) is 6.81. The minimum atomic E-state index is -0.533. The second kappa shape index (κ2) is 4.77. The molecule has 0 amide bonds. The third kappa shape index (κ3) is 4.86. The van der Waals surface area contributed by atoms with E-state index >= 15 is 0 Å². The molecule has 1 rings (SSSR count). The Morgan fingerprint density at radius 3 is 2.24 bits per heavy atom. The van der Waals surface area contributed by atoms with Crippen molar-refractivity contribution in [3.8, 4) is 0 Å². The largest absolute Gasteiger partial charge is 0.339 e. The minimum absolute atomic E-state index is 0.329. The van der Waals surface area contributed by atoms with Gasteiger partial charge in [-0.1, -0.05) is 32.9 Å². The molecule has 0 saturated heterocycles. The van der Waals surface area contributed by atoms with Crippen LogP contribution in [-0.4, -0.2) is 10.1 Å². The number of rotatable bonds is 4. The summed E-state index contributed by atoms with van der Waals surface area (Å²) in [5.41, 5.74) is 5.71. The lowest BCUT2D eigenvalue weighted by atomic mass is 9.84. The van der Waals surface area contributed by atoms with Crippen molar-refractivity contribution in [2.45, 2.75) is 59.9 Å². The van der Waals surface area contributed by atoms with E-state index in [-0.39, 0.29) is 0 Å². The molecule has 0 fully saturated rings. The smallest absolute Gasteiger partial charge is 0.226 e. The molecule has 1 unspecified atom stereocenters. The molecule has 1 aromatic rings. The Morgan fingerprint density at radius 1 is 1.24 bits per heavy atom. The van der Waals surface area contributed by atoms with E-state index in [1.807, 2.05) is 13.8 Å². The van der Waals surface area contributed by atoms with Crippen molar-refractivity contribution in [3.63, 3.8) is 0 Å². The van der Waals surface area contributed by atoms with Crippen molar-refractivity contribution in [2.75, 3.05) is 0 Å². The van der Waals surface area contributed by atoms with Crippen LogP contribution >= 0.6 is 0 Å². The lowest BCUT2D eigenvalue weighted by Gasteiger charge is -2.22. The highest BCUT2D eigenvalue weighted by atomic mass is 16.5. The molecule has 0 aliphatic carbocycles. The molecule has 1 heterocycles. The van der Waals surface area contributed by atoms with Crippen molar-refractivity contribution in [2.24, 2.45) is 17.1 Å². The molecule has 2 N–H and O–H groups in total.